The van der Waals surface area contributed by atoms with Crippen molar-refractivity contribution < 1.29 is 9.84 Å². The van der Waals surface area contributed by atoms with Gasteiger partial charge in [0.05, 0.1) is 5.60 Å². The van der Waals surface area contributed by atoms with Crippen molar-refractivity contribution in [2.24, 2.45) is 0 Å². The molecule has 3 atom stereocenters. The first-order valence-electron chi connectivity index (χ1n) is 8.41. The summed E-state index contributed by atoms with van der Waals surface area (Å²) in [7, 11) is 0. The van der Waals surface area contributed by atoms with Gasteiger partial charge in [0.1, 0.15) is 5.75 Å². The van der Waals surface area contributed by atoms with Gasteiger partial charge in [0.15, 0.2) is 0 Å². The summed E-state index contributed by atoms with van der Waals surface area (Å²) in [6, 6.07) is 8.69. The van der Waals surface area contributed by atoms with E-state index in [0.29, 0.717) is 17.8 Å². The number of thioether (sulfide) groups is 1. The molecule has 0 unspecified atom stereocenters. The molecule has 2 N–H and O–H groups in total. The van der Waals surface area contributed by atoms with Crippen molar-refractivity contribution in [1.29, 1.82) is 0 Å². The second kappa shape index (κ2) is 7.24. The molecular formula is C18H27NO2S. The van der Waals surface area contributed by atoms with Crippen molar-refractivity contribution in [3.05, 3.63) is 29.8 Å². The Morgan fingerprint density at radius 3 is 2.95 bits per heavy atom. The van der Waals surface area contributed by atoms with Crippen LogP contribution in [-0.4, -0.2) is 40.9 Å². The molecule has 22 heavy (non-hydrogen) atoms. The van der Waals surface area contributed by atoms with Crippen LogP contribution in [-0.2, 0) is 11.2 Å². The zero-order chi connectivity index (χ0) is 15.4. The summed E-state index contributed by atoms with van der Waals surface area (Å²) in [5.41, 5.74) is 1.46. The van der Waals surface area contributed by atoms with Crippen LogP contribution in [0.5, 0.6) is 5.75 Å². The van der Waals surface area contributed by atoms with E-state index in [1.807, 2.05) is 23.9 Å². The summed E-state index contributed by atoms with van der Waals surface area (Å²) in [6.45, 7) is 3.19. The highest BCUT2D eigenvalue weighted by atomic mass is 32.2. The Hall–Kier alpha value is -0.710. The molecule has 122 valence electrons. The third kappa shape index (κ3) is 4.18. The van der Waals surface area contributed by atoms with Crippen molar-refractivity contribution in [3.8, 4) is 5.75 Å². The predicted molar refractivity (Wildman–Crippen MR) is 92.7 cm³/mol. The molecule has 2 aliphatic rings. The van der Waals surface area contributed by atoms with E-state index in [0.717, 1.165) is 25.9 Å². The van der Waals surface area contributed by atoms with Gasteiger partial charge in [0.2, 0.25) is 0 Å². The lowest BCUT2D eigenvalue weighted by Crippen LogP contribution is -2.49. The smallest absolute Gasteiger partial charge is 0.115 e. The zero-order valence-corrected chi connectivity index (χ0v) is 14.2. The number of phenolic OH excluding ortho intramolecular Hbond substituents is 1. The first-order chi connectivity index (χ1) is 10.7. The molecule has 1 aromatic carbocycles. The fourth-order valence-electron chi connectivity index (χ4n) is 3.56. The van der Waals surface area contributed by atoms with Gasteiger partial charge in [-0.05, 0) is 62.5 Å². The van der Waals surface area contributed by atoms with Gasteiger partial charge in [-0.3, -0.25) is 0 Å². The fourth-order valence-corrected chi connectivity index (χ4v) is 4.94. The Morgan fingerprint density at radius 2 is 2.23 bits per heavy atom. The zero-order valence-electron chi connectivity index (χ0n) is 13.4. The number of aryl methyl sites for hydroxylation is 1. The van der Waals surface area contributed by atoms with Gasteiger partial charge in [-0.2, -0.15) is 11.8 Å². The van der Waals surface area contributed by atoms with Gasteiger partial charge in [-0.25, -0.2) is 0 Å². The van der Waals surface area contributed by atoms with Crippen LogP contribution in [0.25, 0.3) is 0 Å². The van der Waals surface area contributed by atoms with Crippen LogP contribution in [0.2, 0.25) is 0 Å². The third-order valence-corrected chi connectivity index (χ3v) is 6.11. The Balaban J connectivity index is 1.45. The summed E-state index contributed by atoms with van der Waals surface area (Å²) in [5.74, 6) is 2.77. The molecule has 2 aliphatic heterocycles. The number of hydrogen-bond acceptors (Lipinski definition) is 4. The molecule has 0 saturated carbocycles. The average Bonchev–Trinajstić information content (AvgIpc) is 2.94. The first kappa shape index (κ1) is 16.2. The number of phenols is 1. The largest absolute Gasteiger partial charge is 0.508 e. The number of benzene rings is 1. The molecule has 0 aromatic heterocycles. The second-order valence-corrected chi connectivity index (χ2v) is 7.90. The Kier molecular flexibility index (Phi) is 5.32. The highest BCUT2D eigenvalue weighted by Crippen LogP contribution is 2.38. The second-order valence-electron chi connectivity index (χ2n) is 6.80. The lowest BCUT2D eigenvalue weighted by Gasteiger charge is -2.39. The van der Waals surface area contributed by atoms with Gasteiger partial charge in [-0.15, -0.1) is 0 Å². The summed E-state index contributed by atoms with van der Waals surface area (Å²) in [4.78, 5) is 0. The molecule has 2 heterocycles. The quantitative estimate of drug-likeness (QED) is 0.872. The summed E-state index contributed by atoms with van der Waals surface area (Å²) in [6.07, 6.45) is 5.71. The topological polar surface area (TPSA) is 41.5 Å². The monoisotopic (exact) mass is 321 g/mol. The molecule has 0 aliphatic carbocycles. The lowest BCUT2D eigenvalue weighted by atomic mass is 9.89. The normalized spacial score (nSPS) is 29.8. The van der Waals surface area contributed by atoms with E-state index in [1.165, 1.54) is 29.9 Å². The standard InChI is InChI=1S/C18H27NO2S/c1-14(2-3-15-4-6-17(20)7-5-15)19-16-8-10-21-18(12-16)9-11-22-13-18/h4-7,14,16,19-20H,2-3,8-13H2,1H3/t14-,16-,18-/m1/s1. The molecule has 4 heteroatoms. The number of ether oxygens (including phenoxy) is 1. The molecule has 3 nitrogen and oxygen atoms in total. The SMILES string of the molecule is C[C@H](CCc1ccc(O)cc1)N[C@@H]1CCO[C@]2(CCSC2)C1. The third-order valence-electron chi connectivity index (χ3n) is 4.88. The van der Waals surface area contributed by atoms with Gasteiger partial charge < -0.3 is 15.2 Å². The van der Waals surface area contributed by atoms with Crippen molar-refractivity contribution in [2.75, 3.05) is 18.1 Å². The molecule has 1 spiro atoms. The number of rotatable bonds is 5. The lowest BCUT2D eigenvalue weighted by molar-refractivity contribution is -0.0712. The molecule has 3 rings (SSSR count). The van der Waals surface area contributed by atoms with Crippen molar-refractivity contribution in [1.82, 2.24) is 5.32 Å². The molecule has 0 radical (unpaired) electrons. The summed E-state index contributed by atoms with van der Waals surface area (Å²) >= 11 is 2.04. The number of hydrogen-bond donors (Lipinski definition) is 2. The van der Waals surface area contributed by atoms with Crippen LogP contribution < -0.4 is 5.32 Å². The molecular weight excluding hydrogens is 294 g/mol. The van der Waals surface area contributed by atoms with Gasteiger partial charge >= 0.3 is 0 Å². The van der Waals surface area contributed by atoms with E-state index >= 15 is 0 Å². The van der Waals surface area contributed by atoms with E-state index in [9.17, 15) is 5.11 Å². The van der Waals surface area contributed by atoms with E-state index in [1.54, 1.807) is 12.1 Å². The molecule has 0 bridgehead atoms. The molecule has 0 amide bonds. The maximum Gasteiger partial charge on any atom is 0.115 e. The van der Waals surface area contributed by atoms with Gasteiger partial charge in [0.25, 0.3) is 0 Å². The number of aromatic hydroxyl groups is 1. The van der Waals surface area contributed by atoms with Crippen LogP contribution >= 0.6 is 11.8 Å². The highest BCUT2D eigenvalue weighted by Gasteiger charge is 2.40. The van der Waals surface area contributed by atoms with Crippen molar-refractivity contribution in [2.45, 2.75) is 56.7 Å². The van der Waals surface area contributed by atoms with Crippen molar-refractivity contribution >= 4 is 11.8 Å². The first-order valence-corrected chi connectivity index (χ1v) is 9.56. The summed E-state index contributed by atoms with van der Waals surface area (Å²) < 4.78 is 6.09. The minimum absolute atomic E-state index is 0.164. The van der Waals surface area contributed by atoms with Crippen LogP contribution in [0.1, 0.15) is 38.2 Å². The van der Waals surface area contributed by atoms with Crippen LogP contribution in [0.4, 0.5) is 0 Å². The maximum absolute atomic E-state index is 9.33. The minimum atomic E-state index is 0.164. The fraction of sp³-hybridized carbons (Fsp3) is 0.667. The number of nitrogens with one attached hydrogen (secondary N) is 1. The van der Waals surface area contributed by atoms with E-state index < -0.39 is 0 Å². The predicted octanol–water partition coefficient (Wildman–Crippen LogP) is 3.36. The molecule has 2 saturated heterocycles. The highest BCUT2D eigenvalue weighted by molar-refractivity contribution is 7.99. The van der Waals surface area contributed by atoms with E-state index in [4.69, 9.17) is 4.74 Å². The van der Waals surface area contributed by atoms with Gasteiger partial charge in [0, 0.05) is 24.4 Å². The Labute approximate surface area is 137 Å². The van der Waals surface area contributed by atoms with Crippen molar-refractivity contribution in [3.63, 3.8) is 0 Å². The molecule has 1 aromatic rings. The van der Waals surface area contributed by atoms with E-state index in [-0.39, 0.29) is 5.60 Å². The Morgan fingerprint density at radius 1 is 1.41 bits per heavy atom. The van der Waals surface area contributed by atoms with Crippen LogP contribution in [0.3, 0.4) is 0 Å². The maximum atomic E-state index is 9.33. The van der Waals surface area contributed by atoms with Crippen LogP contribution in [0, 0.1) is 0 Å². The van der Waals surface area contributed by atoms with Crippen LogP contribution in [0.15, 0.2) is 24.3 Å². The average molecular weight is 321 g/mol. The van der Waals surface area contributed by atoms with E-state index in [2.05, 4.69) is 12.2 Å². The summed E-state index contributed by atoms with van der Waals surface area (Å²) in [5, 5.41) is 13.1. The van der Waals surface area contributed by atoms with Gasteiger partial charge in [-0.1, -0.05) is 12.1 Å². The molecule has 2 fully saturated rings. The Bertz CT molecular complexity index is 470. The minimum Gasteiger partial charge on any atom is -0.508 e.